The Morgan fingerprint density at radius 1 is 1.18 bits per heavy atom. The van der Waals surface area contributed by atoms with Gasteiger partial charge in [-0.05, 0) is 36.3 Å². The number of nitrogens with one attached hydrogen (secondary N) is 1. The van der Waals surface area contributed by atoms with Crippen LogP contribution in [0.5, 0.6) is 0 Å². The van der Waals surface area contributed by atoms with Crippen molar-refractivity contribution >= 4 is 18.3 Å². The quantitative estimate of drug-likeness (QED) is 0.763. The molecule has 3 nitrogen and oxygen atoms in total. The van der Waals surface area contributed by atoms with Gasteiger partial charge in [-0.15, -0.1) is 12.4 Å². The predicted molar refractivity (Wildman–Crippen MR) is 96.6 cm³/mol. The van der Waals surface area contributed by atoms with Crippen LogP contribution in [-0.2, 0) is 11.2 Å². The van der Waals surface area contributed by atoms with E-state index in [0.717, 1.165) is 19.3 Å². The number of nitrogens with two attached hydrogens (primary N) is 1. The zero-order valence-corrected chi connectivity index (χ0v) is 15.1. The molecule has 0 saturated heterocycles. The lowest BCUT2D eigenvalue weighted by Crippen LogP contribution is -2.49. The molecule has 1 amide bonds. The second-order valence-corrected chi connectivity index (χ2v) is 6.05. The third-order valence-electron chi connectivity index (χ3n) is 4.49. The maximum atomic E-state index is 12.1. The van der Waals surface area contributed by atoms with Crippen LogP contribution in [0.4, 0.5) is 0 Å². The molecule has 1 atom stereocenters. The van der Waals surface area contributed by atoms with Gasteiger partial charge in [-0.3, -0.25) is 4.79 Å². The van der Waals surface area contributed by atoms with Crippen LogP contribution in [0.1, 0.15) is 64.0 Å². The summed E-state index contributed by atoms with van der Waals surface area (Å²) in [5.74, 6) is 0.310. The lowest BCUT2D eigenvalue weighted by atomic mass is 9.93. The van der Waals surface area contributed by atoms with Crippen LogP contribution in [0.3, 0.4) is 0 Å². The van der Waals surface area contributed by atoms with E-state index in [2.05, 4.69) is 57.3 Å². The SMILES string of the molecule is CCc1ccc(C(C)CC(=O)NCC(N)(CC)CC)cc1.Cl. The number of carbonyl (C=O) groups is 1. The number of rotatable bonds is 8. The molecule has 126 valence electrons. The second-order valence-electron chi connectivity index (χ2n) is 6.05. The summed E-state index contributed by atoms with van der Waals surface area (Å²) in [6, 6.07) is 8.54. The molecule has 0 bridgehead atoms. The zero-order chi connectivity index (χ0) is 15.9. The Kier molecular flexibility index (Phi) is 9.38. The molecule has 0 spiro atoms. The molecular weight excluding hydrogens is 296 g/mol. The van der Waals surface area contributed by atoms with E-state index >= 15 is 0 Å². The van der Waals surface area contributed by atoms with Crippen LogP contribution in [0, 0.1) is 0 Å². The number of amides is 1. The first-order valence-corrected chi connectivity index (χ1v) is 8.08. The molecule has 0 heterocycles. The maximum absolute atomic E-state index is 12.1. The molecule has 4 heteroatoms. The van der Waals surface area contributed by atoms with Gasteiger partial charge in [0.05, 0.1) is 0 Å². The molecular formula is C18H31ClN2O. The summed E-state index contributed by atoms with van der Waals surface area (Å²) < 4.78 is 0. The van der Waals surface area contributed by atoms with E-state index < -0.39 is 0 Å². The molecule has 0 aliphatic rings. The Bertz CT molecular complexity index is 441. The molecule has 1 rings (SSSR count). The van der Waals surface area contributed by atoms with Crippen molar-refractivity contribution in [3.05, 3.63) is 35.4 Å². The fourth-order valence-corrected chi connectivity index (χ4v) is 2.32. The summed E-state index contributed by atoms with van der Waals surface area (Å²) in [6.45, 7) is 8.92. The monoisotopic (exact) mass is 326 g/mol. The molecule has 0 saturated carbocycles. The largest absolute Gasteiger partial charge is 0.354 e. The third kappa shape index (κ3) is 6.37. The maximum Gasteiger partial charge on any atom is 0.220 e. The molecule has 0 aliphatic heterocycles. The lowest BCUT2D eigenvalue weighted by Gasteiger charge is -2.27. The van der Waals surface area contributed by atoms with Gasteiger partial charge in [0.15, 0.2) is 0 Å². The average molecular weight is 327 g/mol. The van der Waals surface area contributed by atoms with Crippen LogP contribution in [-0.4, -0.2) is 18.0 Å². The summed E-state index contributed by atoms with van der Waals surface area (Å²) in [5, 5.41) is 2.98. The molecule has 22 heavy (non-hydrogen) atoms. The second kappa shape index (κ2) is 9.86. The number of benzene rings is 1. The summed E-state index contributed by atoms with van der Waals surface area (Å²) in [6.07, 6.45) is 3.30. The Morgan fingerprint density at radius 3 is 2.18 bits per heavy atom. The van der Waals surface area contributed by atoms with Gasteiger partial charge in [-0.25, -0.2) is 0 Å². The van der Waals surface area contributed by atoms with E-state index in [9.17, 15) is 4.79 Å². The van der Waals surface area contributed by atoms with Gasteiger partial charge in [0.25, 0.3) is 0 Å². The number of hydrogen-bond acceptors (Lipinski definition) is 2. The number of aryl methyl sites for hydroxylation is 1. The first-order chi connectivity index (χ1) is 9.94. The van der Waals surface area contributed by atoms with Crippen LogP contribution in [0.15, 0.2) is 24.3 Å². The predicted octanol–water partition coefficient (Wildman–Crippen LogP) is 3.80. The standard InChI is InChI=1S/C18H30N2O.ClH/c1-5-15-8-10-16(11-9-15)14(4)12-17(21)20-13-18(19,6-2)7-3;/h8-11,14H,5-7,12-13,19H2,1-4H3,(H,20,21);1H. The smallest absolute Gasteiger partial charge is 0.220 e. The Morgan fingerprint density at radius 2 is 1.73 bits per heavy atom. The van der Waals surface area contributed by atoms with Crippen molar-refractivity contribution < 1.29 is 4.79 Å². The molecule has 1 aromatic carbocycles. The van der Waals surface area contributed by atoms with Crippen LogP contribution in [0.2, 0.25) is 0 Å². The number of hydrogen-bond donors (Lipinski definition) is 2. The molecule has 3 N–H and O–H groups in total. The van der Waals surface area contributed by atoms with E-state index in [1.54, 1.807) is 0 Å². The molecule has 0 aromatic heterocycles. The molecule has 0 radical (unpaired) electrons. The molecule has 0 aliphatic carbocycles. The normalized spacial score (nSPS) is 12.4. The van der Waals surface area contributed by atoms with E-state index in [1.165, 1.54) is 11.1 Å². The lowest BCUT2D eigenvalue weighted by molar-refractivity contribution is -0.121. The van der Waals surface area contributed by atoms with Crippen LogP contribution >= 0.6 is 12.4 Å². The van der Waals surface area contributed by atoms with E-state index in [1.807, 2.05) is 0 Å². The van der Waals surface area contributed by atoms with Gasteiger partial charge in [0.2, 0.25) is 5.91 Å². The Balaban J connectivity index is 0.00000441. The van der Waals surface area contributed by atoms with Gasteiger partial charge < -0.3 is 11.1 Å². The Labute approximate surface area is 141 Å². The van der Waals surface area contributed by atoms with E-state index in [-0.39, 0.29) is 29.8 Å². The van der Waals surface area contributed by atoms with Gasteiger partial charge in [-0.1, -0.05) is 52.0 Å². The van der Waals surface area contributed by atoms with Crippen molar-refractivity contribution in [1.29, 1.82) is 0 Å². The summed E-state index contributed by atoms with van der Waals surface area (Å²) in [7, 11) is 0. The first kappa shape index (κ1) is 20.9. The average Bonchev–Trinajstić information content (AvgIpc) is 2.52. The van der Waals surface area contributed by atoms with Crippen molar-refractivity contribution in [3.63, 3.8) is 0 Å². The molecule has 1 aromatic rings. The van der Waals surface area contributed by atoms with Crippen molar-refractivity contribution in [2.45, 2.75) is 64.8 Å². The molecule has 1 unspecified atom stereocenters. The van der Waals surface area contributed by atoms with Crippen molar-refractivity contribution in [1.82, 2.24) is 5.32 Å². The summed E-state index contributed by atoms with van der Waals surface area (Å²) in [4.78, 5) is 12.1. The van der Waals surface area contributed by atoms with Crippen molar-refractivity contribution in [3.8, 4) is 0 Å². The topological polar surface area (TPSA) is 55.1 Å². The fraction of sp³-hybridized carbons (Fsp3) is 0.611. The van der Waals surface area contributed by atoms with Crippen LogP contribution < -0.4 is 11.1 Å². The highest BCUT2D eigenvalue weighted by Gasteiger charge is 2.21. The highest BCUT2D eigenvalue weighted by molar-refractivity contribution is 5.85. The van der Waals surface area contributed by atoms with Gasteiger partial charge in [-0.2, -0.15) is 0 Å². The number of carbonyl (C=O) groups excluding carboxylic acids is 1. The van der Waals surface area contributed by atoms with Crippen molar-refractivity contribution in [2.75, 3.05) is 6.54 Å². The highest BCUT2D eigenvalue weighted by Crippen LogP contribution is 2.20. The van der Waals surface area contributed by atoms with Crippen molar-refractivity contribution in [2.24, 2.45) is 5.73 Å². The van der Waals surface area contributed by atoms with Crippen LogP contribution in [0.25, 0.3) is 0 Å². The minimum absolute atomic E-state index is 0. The molecule has 0 fully saturated rings. The minimum Gasteiger partial charge on any atom is -0.354 e. The summed E-state index contributed by atoms with van der Waals surface area (Å²) >= 11 is 0. The van der Waals surface area contributed by atoms with Gasteiger partial charge in [0, 0.05) is 18.5 Å². The number of halogens is 1. The zero-order valence-electron chi connectivity index (χ0n) is 14.3. The fourth-order valence-electron chi connectivity index (χ4n) is 2.32. The third-order valence-corrected chi connectivity index (χ3v) is 4.49. The minimum atomic E-state index is -0.276. The summed E-state index contributed by atoms with van der Waals surface area (Å²) in [5.41, 5.74) is 8.47. The highest BCUT2D eigenvalue weighted by atomic mass is 35.5. The Hall–Kier alpha value is -1.06. The first-order valence-electron chi connectivity index (χ1n) is 8.08. The van der Waals surface area contributed by atoms with Gasteiger partial charge >= 0.3 is 0 Å². The van der Waals surface area contributed by atoms with E-state index in [4.69, 9.17) is 5.73 Å². The van der Waals surface area contributed by atoms with E-state index in [0.29, 0.717) is 13.0 Å². The van der Waals surface area contributed by atoms with Gasteiger partial charge in [0.1, 0.15) is 0 Å².